The number of likely N-dealkylation sites (tertiary alicyclic amines) is 1. The molecule has 0 saturated carbocycles. The topological polar surface area (TPSA) is 36.9 Å². The van der Waals surface area contributed by atoms with Crippen molar-refractivity contribution in [1.29, 1.82) is 0 Å². The number of benzene rings is 1. The van der Waals surface area contributed by atoms with Crippen LogP contribution in [0.3, 0.4) is 0 Å². The van der Waals surface area contributed by atoms with Crippen LogP contribution in [0.25, 0.3) is 0 Å². The fraction of sp³-hybridized carbons (Fsp3) is 0.611. The number of halogens is 1. The smallest absolute Gasteiger partial charge is 0.193 e. The molecule has 0 radical (unpaired) electrons. The lowest BCUT2D eigenvalue weighted by atomic mass is 10.0. The van der Waals surface area contributed by atoms with Crippen molar-refractivity contribution >= 4 is 29.9 Å². The van der Waals surface area contributed by atoms with E-state index in [1.807, 2.05) is 12.1 Å². The molecule has 1 aliphatic heterocycles. The molecule has 1 unspecified atom stereocenters. The zero-order chi connectivity index (χ0) is 15.8. The molecule has 1 atom stereocenters. The highest BCUT2D eigenvalue weighted by Gasteiger charge is 2.18. The van der Waals surface area contributed by atoms with E-state index in [1.165, 1.54) is 18.4 Å². The summed E-state index contributed by atoms with van der Waals surface area (Å²) < 4.78 is 5.19. The quantitative estimate of drug-likeness (QED) is 0.440. The lowest BCUT2D eigenvalue weighted by Crippen LogP contribution is -2.46. The van der Waals surface area contributed by atoms with E-state index in [0.29, 0.717) is 0 Å². The number of methoxy groups -OCH3 is 1. The maximum atomic E-state index is 5.19. The van der Waals surface area contributed by atoms with Crippen molar-refractivity contribution in [2.75, 3.05) is 33.3 Å². The molecular weight excluding hydrogens is 401 g/mol. The lowest BCUT2D eigenvalue weighted by molar-refractivity contribution is 0.266. The van der Waals surface area contributed by atoms with E-state index in [4.69, 9.17) is 9.73 Å². The number of nitrogens with zero attached hydrogens (tertiary/aromatic N) is 2. The molecule has 0 aliphatic carbocycles. The summed E-state index contributed by atoms with van der Waals surface area (Å²) in [6.07, 6.45) is 3.56. The highest BCUT2D eigenvalue weighted by Crippen LogP contribution is 2.15. The number of hydrogen-bond acceptors (Lipinski definition) is 2. The largest absolute Gasteiger partial charge is 0.497 e. The Morgan fingerprint density at radius 1 is 1.35 bits per heavy atom. The Morgan fingerprint density at radius 2 is 2.09 bits per heavy atom. The van der Waals surface area contributed by atoms with Crippen molar-refractivity contribution in [2.24, 2.45) is 10.9 Å². The van der Waals surface area contributed by atoms with Crippen LogP contribution in [0.15, 0.2) is 29.3 Å². The van der Waals surface area contributed by atoms with Crippen LogP contribution in [0.2, 0.25) is 0 Å². The van der Waals surface area contributed by atoms with Crippen LogP contribution in [-0.2, 0) is 6.42 Å². The SMILES string of the molecule is CCNC(=NCCc1ccc(OC)cc1)N1CCCC(C)C1.I. The van der Waals surface area contributed by atoms with E-state index in [0.717, 1.165) is 50.2 Å². The summed E-state index contributed by atoms with van der Waals surface area (Å²) in [4.78, 5) is 7.22. The molecule has 0 amide bonds. The average molecular weight is 431 g/mol. The molecule has 1 aromatic carbocycles. The highest BCUT2D eigenvalue weighted by molar-refractivity contribution is 14.0. The zero-order valence-corrected chi connectivity index (χ0v) is 16.9. The fourth-order valence-electron chi connectivity index (χ4n) is 2.89. The first-order chi connectivity index (χ1) is 10.7. The summed E-state index contributed by atoms with van der Waals surface area (Å²) in [5.74, 6) is 2.74. The molecule has 4 nitrogen and oxygen atoms in total. The first-order valence-corrected chi connectivity index (χ1v) is 8.39. The third-order valence-electron chi connectivity index (χ3n) is 4.11. The lowest BCUT2D eigenvalue weighted by Gasteiger charge is -2.33. The Bertz CT molecular complexity index is 476. The second-order valence-electron chi connectivity index (χ2n) is 6.03. The Hall–Kier alpha value is -0.980. The van der Waals surface area contributed by atoms with Gasteiger partial charge in [-0.05, 0) is 49.8 Å². The normalized spacial score (nSPS) is 18.3. The minimum atomic E-state index is 0. The van der Waals surface area contributed by atoms with Gasteiger partial charge < -0.3 is 15.0 Å². The van der Waals surface area contributed by atoms with Crippen molar-refractivity contribution < 1.29 is 4.74 Å². The van der Waals surface area contributed by atoms with Gasteiger partial charge in [-0.1, -0.05) is 19.1 Å². The standard InChI is InChI=1S/C18H29N3O.HI/c1-4-19-18(21-13-5-6-15(2)14-21)20-12-11-16-7-9-17(22-3)10-8-16;/h7-10,15H,4-6,11-14H2,1-3H3,(H,19,20);1H. The van der Waals surface area contributed by atoms with E-state index in [1.54, 1.807) is 7.11 Å². The molecule has 23 heavy (non-hydrogen) atoms. The first kappa shape index (κ1) is 20.1. The molecule has 1 N–H and O–H groups in total. The van der Waals surface area contributed by atoms with Gasteiger partial charge in [0.2, 0.25) is 0 Å². The van der Waals surface area contributed by atoms with E-state index in [9.17, 15) is 0 Å². The van der Waals surface area contributed by atoms with Gasteiger partial charge in [-0.25, -0.2) is 0 Å². The minimum absolute atomic E-state index is 0. The van der Waals surface area contributed by atoms with E-state index < -0.39 is 0 Å². The van der Waals surface area contributed by atoms with Gasteiger partial charge >= 0.3 is 0 Å². The first-order valence-electron chi connectivity index (χ1n) is 8.39. The Balaban J connectivity index is 0.00000264. The van der Waals surface area contributed by atoms with Crippen LogP contribution in [-0.4, -0.2) is 44.1 Å². The molecule has 1 fully saturated rings. The van der Waals surface area contributed by atoms with Gasteiger partial charge in [0.15, 0.2) is 5.96 Å². The number of aliphatic imine (C=N–C) groups is 1. The van der Waals surface area contributed by atoms with E-state index in [2.05, 4.69) is 36.2 Å². The molecule has 1 aromatic rings. The average Bonchev–Trinajstić information content (AvgIpc) is 2.54. The molecule has 130 valence electrons. The van der Waals surface area contributed by atoms with Gasteiger partial charge in [0.1, 0.15) is 5.75 Å². The highest BCUT2D eigenvalue weighted by atomic mass is 127. The van der Waals surface area contributed by atoms with Crippen LogP contribution in [0.1, 0.15) is 32.3 Å². The third kappa shape index (κ3) is 6.57. The molecular formula is C18H30IN3O. The number of ether oxygens (including phenoxy) is 1. The van der Waals surface area contributed by atoms with Crippen LogP contribution < -0.4 is 10.1 Å². The zero-order valence-electron chi connectivity index (χ0n) is 14.5. The Morgan fingerprint density at radius 3 is 2.70 bits per heavy atom. The van der Waals surface area contributed by atoms with Crippen LogP contribution in [0, 0.1) is 5.92 Å². The molecule has 5 heteroatoms. The summed E-state index contributed by atoms with van der Waals surface area (Å²) in [5.41, 5.74) is 1.30. The van der Waals surface area contributed by atoms with Crippen molar-refractivity contribution in [1.82, 2.24) is 10.2 Å². The van der Waals surface area contributed by atoms with Gasteiger partial charge in [0.25, 0.3) is 0 Å². The van der Waals surface area contributed by atoms with Gasteiger partial charge in [-0.3, -0.25) is 4.99 Å². The van der Waals surface area contributed by atoms with Crippen molar-refractivity contribution in [3.63, 3.8) is 0 Å². The molecule has 1 heterocycles. The van der Waals surface area contributed by atoms with Crippen LogP contribution in [0.4, 0.5) is 0 Å². The number of rotatable bonds is 5. The molecule has 0 spiro atoms. The predicted molar refractivity (Wildman–Crippen MR) is 108 cm³/mol. The fourth-order valence-corrected chi connectivity index (χ4v) is 2.89. The summed E-state index contributed by atoms with van der Waals surface area (Å²) >= 11 is 0. The van der Waals surface area contributed by atoms with Gasteiger partial charge in [-0.15, -0.1) is 24.0 Å². The van der Waals surface area contributed by atoms with E-state index in [-0.39, 0.29) is 24.0 Å². The van der Waals surface area contributed by atoms with Crippen molar-refractivity contribution in [3.8, 4) is 5.75 Å². The van der Waals surface area contributed by atoms with Crippen molar-refractivity contribution in [3.05, 3.63) is 29.8 Å². The third-order valence-corrected chi connectivity index (χ3v) is 4.11. The summed E-state index contributed by atoms with van der Waals surface area (Å²) in [5, 5.41) is 3.43. The van der Waals surface area contributed by atoms with Crippen LogP contribution >= 0.6 is 24.0 Å². The summed E-state index contributed by atoms with van der Waals surface area (Å²) in [7, 11) is 1.70. The molecule has 1 saturated heterocycles. The Labute approximate surface area is 157 Å². The predicted octanol–water partition coefficient (Wildman–Crippen LogP) is 3.55. The number of guanidine groups is 1. The van der Waals surface area contributed by atoms with E-state index >= 15 is 0 Å². The second kappa shape index (κ2) is 10.7. The van der Waals surface area contributed by atoms with Crippen molar-refractivity contribution in [2.45, 2.75) is 33.1 Å². The minimum Gasteiger partial charge on any atom is -0.497 e. The summed E-state index contributed by atoms with van der Waals surface area (Å²) in [6.45, 7) is 8.44. The molecule has 2 rings (SSSR count). The van der Waals surface area contributed by atoms with Crippen LogP contribution in [0.5, 0.6) is 5.75 Å². The second-order valence-corrected chi connectivity index (χ2v) is 6.03. The molecule has 1 aliphatic rings. The van der Waals surface area contributed by atoms with Gasteiger partial charge in [-0.2, -0.15) is 0 Å². The van der Waals surface area contributed by atoms with Gasteiger partial charge in [0.05, 0.1) is 7.11 Å². The maximum Gasteiger partial charge on any atom is 0.193 e. The monoisotopic (exact) mass is 431 g/mol. The number of hydrogen-bond donors (Lipinski definition) is 1. The summed E-state index contributed by atoms with van der Waals surface area (Å²) in [6, 6.07) is 8.25. The maximum absolute atomic E-state index is 5.19. The number of nitrogens with one attached hydrogen (secondary N) is 1. The molecule has 0 aromatic heterocycles. The molecule has 0 bridgehead atoms. The number of piperidine rings is 1. The van der Waals surface area contributed by atoms with Gasteiger partial charge in [0, 0.05) is 26.2 Å². The Kier molecular flexibility index (Phi) is 9.36.